The molecule has 4 heteroatoms. The maximum atomic E-state index is 11.1. The van der Waals surface area contributed by atoms with Gasteiger partial charge in [-0.2, -0.15) is 0 Å². The molecule has 0 bridgehead atoms. The second-order valence-electron chi connectivity index (χ2n) is 5.08. The standard InChI is InChI=1S/C17H16N2O2/c1-12-15(10-16(20)21)14-8-5-9-18-17(14)19(12)11-13-6-3-2-4-7-13/h2-9H,10-11H2,1H3,(H,20,21). The van der Waals surface area contributed by atoms with E-state index in [4.69, 9.17) is 5.11 Å². The van der Waals surface area contributed by atoms with E-state index < -0.39 is 5.97 Å². The fourth-order valence-electron chi connectivity index (χ4n) is 2.70. The van der Waals surface area contributed by atoms with Crippen LogP contribution in [0.1, 0.15) is 16.8 Å². The van der Waals surface area contributed by atoms with Crippen LogP contribution in [0.5, 0.6) is 0 Å². The van der Waals surface area contributed by atoms with Crippen molar-refractivity contribution in [2.24, 2.45) is 0 Å². The molecule has 0 aliphatic rings. The number of hydrogen-bond donors (Lipinski definition) is 1. The van der Waals surface area contributed by atoms with Gasteiger partial charge in [-0.1, -0.05) is 30.3 Å². The summed E-state index contributed by atoms with van der Waals surface area (Å²) < 4.78 is 2.09. The van der Waals surface area contributed by atoms with E-state index in [-0.39, 0.29) is 6.42 Å². The Balaban J connectivity index is 2.14. The smallest absolute Gasteiger partial charge is 0.307 e. The molecule has 0 aliphatic heterocycles. The maximum Gasteiger partial charge on any atom is 0.307 e. The zero-order valence-electron chi connectivity index (χ0n) is 11.8. The lowest BCUT2D eigenvalue weighted by Gasteiger charge is -2.08. The Morgan fingerprint density at radius 2 is 1.95 bits per heavy atom. The third-order valence-corrected chi connectivity index (χ3v) is 3.72. The van der Waals surface area contributed by atoms with E-state index in [1.807, 2.05) is 37.3 Å². The Morgan fingerprint density at radius 3 is 2.67 bits per heavy atom. The summed E-state index contributed by atoms with van der Waals surface area (Å²) >= 11 is 0. The highest BCUT2D eigenvalue weighted by Crippen LogP contribution is 2.25. The molecule has 2 aromatic heterocycles. The summed E-state index contributed by atoms with van der Waals surface area (Å²) in [4.78, 5) is 15.5. The van der Waals surface area contributed by atoms with Crippen LogP contribution in [0, 0.1) is 6.92 Å². The van der Waals surface area contributed by atoms with Crippen molar-refractivity contribution >= 4 is 17.0 Å². The van der Waals surface area contributed by atoms with Gasteiger partial charge < -0.3 is 9.67 Å². The molecule has 0 fully saturated rings. The number of nitrogens with zero attached hydrogens (tertiary/aromatic N) is 2. The first-order chi connectivity index (χ1) is 10.2. The molecule has 0 amide bonds. The van der Waals surface area contributed by atoms with Crippen molar-refractivity contribution in [1.82, 2.24) is 9.55 Å². The minimum absolute atomic E-state index is 0.0236. The van der Waals surface area contributed by atoms with Crippen molar-refractivity contribution in [1.29, 1.82) is 0 Å². The van der Waals surface area contributed by atoms with E-state index in [2.05, 4.69) is 21.7 Å². The van der Waals surface area contributed by atoms with Gasteiger partial charge in [0, 0.05) is 23.8 Å². The van der Waals surface area contributed by atoms with Crippen molar-refractivity contribution in [3.8, 4) is 0 Å². The molecule has 0 saturated heterocycles. The van der Waals surface area contributed by atoms with Gasteiger partial charge in [0.25, 0.3) is 0 Å². The molecule has 0 spiro atoms. The van der Waals surface area contributed by atoms with E-state index in [9.17, 15) is 4.79 Å². The maximum absolute atomic E-state index is 11.1. The van der Waals surface area contributed by atoms with Crippen LogP contribution < -0.4 is 0 Å². The second-order valence-corrected chi connectivity index (χ2v) is 5.08. The van der Waals surface area contributed by atoms with Crippen LogP contribution in [-0.2, 0) is 17.8 Å². The molecule has 2 heterocycles. The van der Waals surface area contributed by atoms with E-state index in [0.717, 1.165) is 22.3 Å². The van der Waals surface area contributed by atoms with Gasteiger partial charge in [-0.3, -0.25) is 4.79 Å². The predicted molar refractivity (Wildman–Crippen MR) is 81.4 cm³/mol. The third-order valence-electron chi connectivity index (χ3n) is 3.72. The SMILES string of the molecule is Cc1c(CC(=O)O)c2cccnc2n1Cc1ccccc1. The van der Waals surface area contributed by atoms with Crippen molar-refractivity contribution in [2.75, 3.05) is 0 Å². The van der Waals surface area contributed by atoms with Crippen LogP contribution in [-0.4, -0.2) is 20.6 Å². The number of rotatable bonds is 4. The Kier molecular flexibility index (Phi) is 3.44. The molecule has 0 unspecified atom stereocenters. The summed E-state index contributed by atoms with van der Waals surface area (Å²) in [6.45, 7) is 2.66. The molecule has 21 heavy (non-hydrogen) atoms. The van der Waals surface area contributed by atoms with Crippen LogP contribution in [0.3, 0.4) is 0 Å². The molecule has 3 aromatic rings. The Morgan fingerprint density at radius 1 is 1.19 bits per heavy atom. The number of aromatic nitrogens is 2. The summed E-state index contributed by atoms with van der Waals surface area (Å²) in [6.07, 6.45) is 1.77. The van der Waals surface area contributed by atoms with Gasteiger partial charge in [0.2, 0.25) is 0 Å². The lowest BCUT2D eigenvalue weighted by Crippen LogP contribution is -2.05. The summed E-state index contributed by atoms with van der Waals surface area (Å²) in [5, 5.41) is 10.0. The zero-order chi connectivity index (χ0) is 14.8. The zero-order valence-corrected chi connectivity index (χ0v) is 11.8. The highest BCUT2D eigenvalue weighted by molar-refractivity contribution is 5.86. The number of carboxylic acid groups (broad SMARTS) is 1. The van der Waals surface area contributed by atoms with Crippen molar-refractivity contribution in [3.63, 3.8) is 0 Å². The summed E-state index contributed by atoms with van der Waals surface area (Å²) in [6, 6.07) is 13.9. The summed E-state index contributed by atoms with van der Waals surface area (Å²) in [7, 11) is 0. The van der Waals surface area contributed by atoms with Gasteiger partial charge in [0.05, 0.1) is 6.42 Å². The number of carbonyl (C=O) groups is 1. The first-order valence-electron chi connectivity index (χ1n) is 6.85. The quantitative estimate of drug-likeness (QED) is 0.799. The van der Waals surface area contributed by atoms with Gasteiger partial charge in [0.1, 0.15) is 5.65 Å². The molecule has 0 radical (unpaired) electrons. The number of pyridine rings is 1. The number of hydrogen-bond acceptors (Lipinski definition) is 2. The van der Waals surface area contributed by atoms with Crippen LogP contribution in [0.2, 0.25) is 0 Å². The highest BCUT2D eigenvalue weighted by atomic mass is 16.4. The third kappa shape index (κ3) is 2.52. The molecule has 1 N–H and O–H groups in total. The normalized spacial score (nSPS) is 10.9. The molecule has 4 nitrogen and oxygen atoms in total. The largest absolute Gasteiger partial charge is 0.481 e. The van der Waals surface area contributed by atoms with E-state index in [1.54, 1.807) is 6.20 Å². The van der Waals surface area contributed by atoms with Crippen molar-refractivity contribution in [2.45, 2.75) is 19.9 Å². The summed E-state index contributed by atoms with van der Waals surface area (Å²) in [5.74, 6) is -0.819. The van der Waals surface area contributed by atoms with Crippen LogP contribution in [0.4, 0.5) is 0 Å². The first kappa shape index (κ1) is 13.4. The minimum atomic E-state index is -0.819. The molecular weight excluding hydrogens is 264 g/mol. The van der Waals surface area contributed by atoms with E-state index in [1.165, 1.54) is 5.56 Å². The fourth-order valence-corrected chi connectivity index (χ4v) is 2.70. The molecule has 3 rings (SSSR count). The molecular formula is C17H16N2O2. The summed E-state index contributed by atoms with van der Waals surface area (Å²) in [5.41, 5.74) is 3.83. The number of carboxylic acids is 1. The van der Waals surface area contributed by atoms with Gasteiger partial charge in [0.15, 0.2) is 0 Å². The molecule has 1 aromatic carbocycles. The Bertz CT molecular complexity index is 791. The van der Waals surface area contributed by atoms with Gasteiger partial charge in [-0.05, 0) is 30.2 Å². The van der Waals surface area contributed by atoms with Crippen LogP contribution in [0.25, 0.3) is 11.0 Å². The molecule has 106 valence electrons. The lowest BCUT2D eigenvalue weighted by atomic mass is 10.1. The predicted octanol–water partition coefficient (Wildman–Crippen LogP) is 3.02. The van der Waals surface area contributed by atoms with E-state index >= 15 is 0 Å². The second kappa shape index (κ2) is 5.40. The van der Waals surface area contributed by atoms with Crippen LogP contribution in [0.15, 0.2) is 48.7 Å². The number of benzene rings is 1. The fraction of sp³-hybridized carbons (Fsp3) is 0.176. The lowest BCUT2D eigenvalue weighted by molar-refractivity contribution is -0.136. The van der Waals surface area contributed by atoms with Crippen molar-refractivity contribution < 1.29 is 9.90 Å². The number of aliphatic carboxylic acids is 1. The Hall–Kier alpha value is -2.62. The van der Waals surface area contributed by atoms with E-state index in [0.29, 0.717) is 6.54 Å². The minimum Gasteiger partial charge on any atom is -0.481 e. The molecule has 0 saturated carbocycles. The number of fused-ring (bicyclic) bond motifs is 1. The Labute approximate surface area is 122 Å². The molecule has 0 atom stereocenters. The molecule has 0 aliphatic carbocycles. The van der Waals surface area contributed by atoms with Gasteiger partial charge in [-0.15, -0.1) is 0 Å². The topological polar surface area (TPSA) is 55.1 Å². The van der Waals surface area contributed by atoms with Gasteiger partial charge >= 0.3 is 5.97 Å². The average molecular weight is 280 g/mol. The van der Waals surface area contributed by atoms with Gasteiger partial charge in [-0.25, -0.2) is 4.98 Å². The van der Waals surface area contributed by atoms with Crippen molar-refractivity contribution in [3.05, 3.63) is 65.5 Å². The monoisotopic (exact) mass is 280 g/mol. The highest BCUT2D eigenvalue weighted by Gasteiger charge is 2.16. The average Bonchev–Trinajstić information content (AvgIpc) is 2.74. The first-order valence-corrected chi connectivity index (χ1v) is 6.85. The van der Waals surface area contributed by atoms with Crippen LogP contribution >= 0.6 is 0 Å².